The quantitative estimate of drug-likeness (QED) is 0.744. The van der Waals surface area contributed by atoms with Gasteiger partial charge in [0.05, 0.1) is 0 Å². The summed E-state index contributed by atoms with van der Waals surface area (Å²) in [6.45, 7) is 9.54. The first-order valence-corrected chi connectivity index (χ1v) is 6.10. The average molecular weight is 198 g/mol. The molecule has 0 radical (unpaired) electrons. The van der Waals surface area contributed by atoms with E-state index in [9.17, 15) is 0 Å². The Balaban J connectivity index is 2.31. The molecule has 2 heteroatoms. The molecule has 0 saturated carbocycles. The van der Waals surface area contributed by atoms with Crippen LogP contribution in [0.15, 0.2) is 0 Å². The van der Waals surface area contributed by atoms with Crippen LogP contribution in [0, 0.1) is 5.92 Å². The van der Waals surface area contributed by atoms with Crippen molar-refractivity contribution in [2.75, 3.05) is 20.1 Å². The third kappa shape index (κ3) is 2.96. The van der Waals surface area contributed by atoms with Gasteiger partial charge in [0.15, 0.2) is 0 Å². The molecule has 0 spiro atoms. The van der Waals surface area contributed by atoms with Crippen LogP contribution in [0.1, 0.15) is 40.0 Å². The Morgan fingerprint density at radius 1 is 1.29 bits per heavy atom. The van der Waals surface area contributed by atoms with Crippen molar-refractivity contribution in [3.63, 3.8) is 0 Å². The van der Waals surface area contributed by atoms with Crippen LogP contribution in [-0.2, 0) is 0 Å². The van der Waals surface area contributed by atoms with E-state index in [0.717, 1.165) is 12.0 Å². The lowest BCUT2D eigenvalue weighted by Crippen LogP contribution is -2.44. The van der Waals surface area contributed by atoms with Gasteiger partial charge < -0.3 is 10.2 Å². The summed E-state index contributed by atoms with van der Waals surface area (Å²) in [6, 6.07) is 1.47. The van der Waals surface area contributed by atoms with Crippen molar-refractivity contribution in [3.8, 4) is 0 Å². The minimum absolute atomic E-state index is 0.689. The monoisotopic (exact) mass is 198 g/mol. The molecular weight excluding hydrogens is 172 g/mol. The van der Waals surface area contributed by atoms with Crippen LogP contribution >= 0.6 is 0 Å². The summed E-state index contributed by atoms with van der Waals surface area (Å²) in [5.74, 6) is 0.889. The van der Waals surface area contributed by atoms with E-state index in [1.165, 1.54) is 32.4 Å². The van der Waals surface area contributed by atoms with Crippen molar-refractivity contribution in [3.05, 3.63) is 0 Å². The molecule has 1 aliphatic rings. The highest BCUT2D eigenvalue weighted by molar-refractivity contribution is 4.80. The maximum atomic E-state index is 3.37. The lowest BCUT2D eigenvalue weighted by Gasteiger charge is -2.37. The number of piperidine rings is 1. The van der Waals surface area contributed by atoms with Crippen molar-refractivity contribution in [1.29, 1.82) is 0 Å². The lowest BCUT2D eigenvalue weighted by molar-refractivity contribution is 0.125. The van der Waals surface area contributed by atoms with Gasteiger partial charge in [0.1, 0.15) is 0 Å². The summed E-state index contributed by atoms with van der Waals surface area (Å²) in [5.41, 5.74) is 0. The summed E-state index contributed by atoms with van der Waals surface area (Å²) < 4.78 is 0. The summed E-state index contributed by atoms with van der Waals surface area (Å²) >= 11 is 0. The Hall–Kier alpha value is -0.0800. The first-order valence-electron chi connectivity index (χ1n) is 6.10. The SMILES string of the molecule is CCC(C)N1CCC(C(C)NC)CC1. The normalized spacial score (nSPS) is 24.9. The number of nitrogens with zero attached hydrogens (tertiary/aromatic N) is 1. The van der Waals surface area contributed by atoms with Gasteiger partial charge in [-0.3, -0.25) is 0 Å². The molecule has 0 aromatic rings. The van der Waals surface area contributed by atoms with E-state index in [4.69, 9.17) is 0 Å². The second-order valence-corrected chi connectivity index (χ2v) is 4.71. The predicted molar refractivity (Wildman–Crippen MR) is 62.6 cm³/mol. The lowest BCUT2D eigenvalue weighted by atomic mass is 9.90. The standard InChI is InChI=1S/C12H26N2/c1-5-10(2)14-8-6-12(7-9-14)11(3)13-4/h10-13H,5-9H2,1-4H3. The molecule has 2 atom stereocenters. The number of likely N-dealkylation sites (tertiary alicyclic amines) is 1. The minimum atomic E-state index is 0.689. The van der Waals surface area contributed by atoms with Crippen LogP contribution < -0.4 is 5.32 Å². The number of hydrogen-bond donors (Lipinski definition) is 1. The summed E-state index contributed by atoms with van der Waals surface area (Å²) in [5, 5.41) is 3.37. The second kappa shape index (κ2) is 5.72. The van der Waals surface area contributed by atoms with E-state index in [2.05, 4.69) is 38.0 Å². The van der Waals surface area contributed by atoms with Gasteiger partial charge in [-0.25, -0.2) is 0 Å². The molecule has 84 valence electrons. The van der Waals surface area contributed by atoms with Crippen LogP contribution in [0.25, 0.3) is 0 Å². The van der Waals surface area contributed by atoms with Gasteiger partial charge in [-0.15, -0.1) is 0 Å². The Morgan fingerprint density at radius 3 is 2.29 bits per heavy atom. The van der Waals surface area contributed by atoms with Gasteiger partial charge in [0.25, 0.3) is 0 Å². The van der Waals surface area contributed by atoms with E-state index in [1.54, 1.807) is 0 Å². The molecule has 0 bridgehead atoms. The molecule has 1 aliphatic heterocycles. The van der Waals surface area contributed by atoms with Gasteiger partial charge in [-0.2, -0.15) is 0 Å². The Kier molecular flexibility index (Phi) is 4.90. The topological polar surface area (TPSA) is 15.3 Å². The summed E-state index contributed by atoms with van der Waals surface area (Å²) in [4.78, 5) is 2.64. The molecule has 14 heavy (non-hydrogen) atoms. The molecule has 1 heterocycles. The highest BCUT2D eigenvalue weighted by Gasteiger charge is 2.24. The van der Waals surface area contributed by atoms with Gasteiger partial charge in [-0.05, 0) is 59.2 Å². The van der Waals surface area contributed by atoms with Gasteiger partial charge in [0.2, 0.25) is 0 Å². The average Bonchev–Trinajstić information content (AvgIpc) is 2.27. The fourth-order valence-electron chi connectivity index (χ4n) is 2.35. The number of hydrogen-bond acceptors (Lipinski definition) is 2. The Bertz CT molecular complexity index is 132. The van der Waals surface area contributed by atoms with Crippen LogP contribution in [0.5, 0.6) is 0 Å². The van der Waals surface area contributed by atoms with Crippen molar-refractivity contribution >= 4 is 0 Å². The van der Waals surface area contributed by atoms with Crippen molar-refractivity contribution in [2.24, 2.45) is 5.92 Å². The first-order chi connectivity index (χ1) is 6.69. The fraction of sp³-hybridized carbons (Fsp3) is 1.00. The van der Waals surface area contributed by atoms with Gasteiger partial charge in [0, 0.05) is 12.1 Å². The van der Waals surface area contributed by atoms with E-state index in [-0.39, 0.29) is 0 Å². The molecule has 0 aromatic heterocycles. The smallest absolute Gasteiger partial charge is 0.00649 e. The van der Waals surface area contributed by atoms with Gasteiger partial charge >= 0.3 is 0 Å². The molecule has 2 nitrogen and oxygen atoms in total. The zero-order chi connectivity index (χ0) is 10.6. The van der Waals surface area contributed by atoms with E-state index < -0.39 is 0 Å². The molecule has 1 fully saturated rings. The molecule has 0 aromatic carbocycles. The van der Waals surface area contributed by atoms with E-state index in [1.807, 2.05) is 0 Å². The third-order valence-corrected chi connectivity index (χ3v) is 3.95. The molecule has 0 amide bonds. The second-order valence-electron chi connectivity index (χ2n) is 4.71. The maximum absolute atomic E-state index is 3.37. The Morgan fingerprint density at radius 2 is 1.86 bits per heavy atom. The van der Waals surface area contributed by atoms with Crippen LogP contribution in [0.3, 0.4) is 0 Å². The van der Waals surface area contributed by atoms with Crippen molar-refractivity contribution < 1.29 is 0 Å². The van der Waals surface area contributed by atoms with Crippen molar-refractivity contribution in [2.45, 2.75) is 52.1 Å². The predicted octanol–water partition coefficient (Wildman–Crippen LogP) is 2.10. The molecule has 0 aliphatic carbocycles. The molecule has 1 saturated heterocycles. The first kappa shape index (κ1) is 12.0. The highest BCUT2D eigenvalue weighted by Crippen LogP contribution is 2.22. The molecule has 2 unspecified atom stereocenters. The fourth-order valence-corrected chi connectivity index (χ4v) is 2.35. The van der Waals surface area contributed by atoms with Gasteiger partial charge in [-0.1, -0.05) is 6.92 Å². The maximum Gasteiger partial charge on any atom is 0.00649 e. The van der Waals surface area contributed by atoms with E-state index in [0.29, 0.717) is 6.04 Å². The summed E-state index contributed by atoms with van der Waals surface area (Å²) in [6.07, 6.45) is 4.02. The van der Waals surface area contributed by atoms with Crippen molar-refractivity contribution in [1.82, 2.24) is 10.2 Å². The molecular formula is C12H26N2. The molecule has 1 N–H and O–H groups in total. The number of rotatable bonds is 4. The Labute approximate surface area is 89.1 Å². The van der Waals surface area contributed by atoms with E-state index >= 15 is 0 Å². The molecule has 1 rings (SSSR count). The van der Waals surface area contributed by atoms with Crippen LogP contribution in [0.2, 0.25) is 0 Å². The summed E-state index contributed by atoms with van der Waals surface area (Å²) in [7, 11) is 2.08. The highest BCUT2D eigenvalue weighted by atomic mass is 15.2. The van der Waals surface area contributed by atoms with Crippen LogP contribution in [0.4, 0.5) is 0 Å². The van der Waals surface area contributed by atoms with Crippen LogP contribution in [-0.4, -0.2) is 37.1 Å². The third-order valence-electron chi connectivity index (χ3n) is 3.95. The zero-order valence-electron chi connectivity index (χ0n) is 10.2. The minimum Gasteiger partial charge on any atom is -0.317 e. The zero-order valence-corrected chi connectivity index (χ0v) is 10.2. The number of nitrogens with one attached hydrogen (secondary N) is 1. The largest absolute Gasteiger partial charge is 0.317 e.